The number of nitrogens with one attached hydrogen (secondary N) is 1. The van der Waals surface area contributed by atoms with Gasteiger partial charge in [-0.2, -0.15) is 0 Å². The topological polar surface area (TPSA) is 83.6 Å². The maximum absolute atomic E-state index is 12.3. The number of nitrogens with zero attached hydrogens (tertiary/aromatic N) is 1. The average Bonchev–Trinajstić information content (AvgIpc) is 2.59. The van der Waals surface area contributed by atoms with Crippen LogP contribution in [0.25, 0.3) is 0 Å². The molecule has 0 spiro atoms. The molecule has 26 heavy (non-hydrogen) atoms. The van der Waals surface area contributed by atoms with Gasteiger partial charge in [0.25, 0.3) is 0 Å². The van der Waals surface area contributed by atoms with E-state index in [2.05, 4.69) is 5.32 Å². The molecule has 0 saturated heterocycles. The highest BCUT2D eigenvalue weighted by Gasteiger charge is 2.16. The van der Waals surface area contributed by atoms with E-state index in [1.807, 2.05) is 0 Å². The summed E-state index contributed by atoms with van der Waals surface area (Å²) in [6.07, 6.45) is 0. The number of carbonyl (C=O) groups excluding carboxylic acids is 4. The number of rotatable bonds is 6. The van der Waals surface area contributed by atoms with E-state index in [1.54, 1.807) is 48.5 Å². The van der Waals surface area contributed by atoms with E-state index in [4.69, 9.17) is 0 Å². The van der Waals surface area contributed by atoms with Crippen molar-refractivity contribution in [3.8, 4) is 0 Å². The summed E-state index contributed by atoms with van der Waals surface area (Å²) in [5.74, 6) is -0.865. The molecule has 2 aromatic rings. The summed E-state index contributed by atoms with van der Waals surface area (Å²) < 4.78 is 0. The molecule has 2 rings (SSSR count). The van der Waals surface area contributed by atoms with Crippen molar-refractivity contribution in [2.24, 2.45) is 0 Å². The van der Waals surface area contributed by atoms with E-state index >= 15 is 0 Å². The second kappa shape index (κ2) is 8.20. The number of hydrogen-bond donors (Lipinski definition) is 1. The number of ketones is 2. The summed E-state index contributed by atoms with van der Waals surface area (Å²) >= 11 is 0. The first-order chi connectivity index (χ1) is 12.3. The SMILES string of the molecule is CC(=O)c1ccc(N(CC(=O)Nc2cccc(C(C)=O)c2)C(C)=O)cc1. The van der Waals surface area contributed by atoms with E-state index in [-0.39, 0.29) is 24.0 Å². The molecule has 0 aliphatic carbocycles. The van der Waals surface area contributed by atoms with E-state index in [9.17, 15) is 19.2 Å². The minimum absolute atomic E-state index is 0.0750. The minimum Gasteiger partial charge on any atom is -0.325 e. The van der Waals surface area contributed by atoms with Crippen LogP contribution >= 0.6 is 0 Å². The number of benzene rings is 2. The summed E-state index contributed by atoms with van der Waals surface area (Å²) in [6, 6.07) is 13.1. The first kappa shape index (κ1) is 19.1. The molecule has 2 amide bonds. The Morgan fingerprint density at radius 1 is 0.846 bits per heavy atom. The first-order valence-electron chi connectivity index (χ1n) is 8.08. The van der Waals surface area contributed by atoms with Gasteiger partial charge in [-0.05, 0) is 50.2 Å². The summed E-state index contributed by atoms with van der Waals surface area (Å²) in [5.41, 5.74) is 2.03. The highest BCUT2D eigenvalue weighted by molar-refractivity contribution is 6.03. The fourth-order valence-corrected chi connectivity index (χ4v) is 2.42. The lowest BCUT2D eigenvalue weighted by atomic mass is 10.1. The lowest BCUT2D eigenvalue weighted by Gasteiger charge is -2.21. The van der Waals surface area contributed by atoms with Gasteiger partial charge in [-0.15, -0.1) is 0 Å². The molecular weight excluding hydrogens is 332 g/mol. The second-order valence-corrected chi connectivity index (χ2v) is 5.89. The Balaban J connectivity index is 2.13. The molecule has 0 aromatic heterocycles. The molecule has 0 saturated carbocycles. The quantitative estimate of drug-likeness (QED) is 0.810. The Hall–Kier alpha value is -3.28. The van der Waals surface area contributed by atoms with Crippen LogP contribution < -0.4 is 10.2 Å². The maximum Gasteiger partial charge on any atom is 0.244 e. The van der Waals surface area contributed by atoms with Crippen LogP contribution in [0.4, 0.5) is 11.4 Å². The summed E-state index contributed by atoms with van der Waals surface area (Å²) in [5, 5.41) is 2.68. The van der Waals surface area contributed by atoms with Crippen LogP contribution in [-0.2, 0) is 9.59 Å². The van der Waals surface area contributed by atoms with Crippen molar-refractivity contribution in [1.29, 1.82) is 0 Å². The molecule has 0 unspecified atom stereocenters. The zero-order valence-corrected chi connectivity index (χ0v) is 14.9. The highest BCUT2D eigenvalue weighted by Crippen LogP contribution is 2.17. The van der Waals surface area contributed by atoms with Gasteiger partial charge in [0.1, 0.15) is 6.54 Å². The Morgan fingerprint density at radius 3 is 2.00 bits per heavy atom. The van der Waals surface area contributed by atoms with Gasteiger partial charge < -0.3 is 10.2 Å². The number of anilines is 2. The highest BCUT2D eigenvalue weighted by atomic mass is 16.2. The third-order valence-corrected chi connectivity index (χ3v) is 3.82. The largest absolute Gasteiger partial charge is 0.325 e. The molecule has 0 aliphatic heterocycles. The lowest BCUT2D eigenvalue weighted by Crippen LogP contribution is -2.36. The van der Waals surface area contributed by atoms with Crippen molar-refractivity contribution in [1.82, 2.24) is 0 Å². The zero-order chi connectivity index (χ0) is 19.3. The maximum atomic E-state index is 12.3. The van der Waals surface area contributed by atoms with Crippen LogP contribution in [0.1, 0.15) is 41.5 Å². The fourth-order valence-electron chi connectivity index (χ4n) is 2.42. The smallest absolute Gasteiger partial charge is 0.244 e. The van der Waals surface area contributed by atoms with Gasteiger partial charge >= 0.3 is 0 Å². The standard InChI is InChI=1S/C20H20N2O4/c1-13(23)16-7-9-19(10-8-16)22(15(3)25)12-20(26)21-18-6-4-5-17(11-18)14(2)24/h4-11H,12H2,1-3H3,(H,21,26). The number of amides is 2. The Bertz CT molecular complexity index is 856. The summed E-state index contributed by atoms with van der Waals surface area (Å²) in [4.78, 5) is 48.3. The lowest BCUT2D eigenvalue weighted by molar-refractivity contribution is -0.120. The van der Waals surface area contributed by atoms with Crippen LogP contribution in [0, 0.1) is 0 Å². The molecule has 0 radical (unpaired) electrons. The van der Waals surface area contributed by atoms with Gasteiger partial charge in [0.05, 0.1) is 0 Å². The monoisotopic (exact) mass is 352 g/mol. The molecule has 0 atom stereocenters. The zero-order valence-electron chi connectivity index (χ0n) is 14.9. The molecule has 0 bridgehead atoms. The Morgan fingerprint density at radius 2 is 1.46 bits per heavy atom. The number of carbonyl (C=O) groups is 4. The van der Waals surface area contributed by atoms with Crippen molar-refractivity contribution in [2.75, 3.05) is 16.8 Å². The molecule has 6 heteroatoms. The second-order valence-electron chi connectivity index (χ2n) is 5.89. The van der Waals surface area contributed by atoms with Crippen molar-refractivity contribution < 1.29 is 19.2 Å². The minimum atomic E-state index is -0.392. The van der Waals surface area contributed by atoms with Gasteiger partial charge in [-0.3, -0.25) is 19.2 Å². The molecule has 2 aromatic carbocycles. The normalized spacial score (nSPS) is 10.1. The molecule has 0 heterocycles. The molecule has 0 aliphatic rings. The van der Waals surface area contributed by atoms with E-state index in [0.717, 1.165) is 0 Å². The van der Waals surface area contributed by atoms with E-state index in [0.29, 0.717) is 22.5 Å². The summed E-state index contributed by atoms with van der Waals surface area (Å²) in [6.45, 7) is 4.09. The first-order valence-corrected chi connectivity index (χ1v) is 8.08. The van der Waals surface area contributed by atoms with Crippen molar-refractivity contribution in [3.63, 3.8) is 0 Å². The Kier molecular flexibility index (Phi) is 6.01. The van der Waals surface area contributed by atoms with Crippen LogP contribution in [0.3, 0.4) is 0 Å². The van der Waals surface area contributed by atoms with Crippen molar-refractivity contribution in [2.45, 2.75) is 20.8 Å². The third kappa shape index (κ3) is 4.86. The Labute approximate surface area is 151 Å². The van der Waals surface area contributed by atoms with E-state index < -0.39 is 5.91 Å². The molecule has 6 nitrogen and oxygen atoms in total. The summed E-state index contributed by atoms with van der Waals surface area (Å²) in [7, 11) is 0. The van der Waals surface area contributed by atoms with Gasteiger partial charge in [0, 0.05) is 29.4 Å². The van der Waals surface area contributed by atoms with Crippen LogP contribution in [-0.4, -0.2) is 29.9 Å². The predicted octanol–water partition coefficient (Wildman–Crippen LogP) is 3.08. The molecule has 134 valence electrons. The molecule has 0 fully saturated rings. The van der Waals surface area contributed by atoms with Crippen LogP contribution in [0.15, 0.2) is 48.5 Å². The third-order valence-electron chi connectivity index (χ3n) is 3.82. The van der Waals surface area contributed by atoms with Crippen molar-refractivity contribution >= 4 is 34.8 Å². The van der Waals surface area contributed by atoms with Crippen LogP contribution in [0.5, 0.6) is 0 Å². The van der Waals surface area contributed by atoms with E-state index in [1.165, 1.54) is 25.7 Å². The van der Waals surface area contributed by atoms with Gasteiger partial charge in [0.2, 0.25) is 11.8 Å². The van der Waals surface area contributed by atoms with Crippen LogP contribution in [0.2, 0.25) is 0 Å². The fraction of sp³-hybridized carbons (Fsp3) is 0.200. The molecular formula is C20H20N2O4. The number of hydrogen-bond acceptors (Lipinski definition) is 4. The molecule has 1 N–H and O–H groups in total. The predicted molar refractivity (Wildman–Crippen MR) is 99.5 cm³/mol. The van der Waals surface area contributed by atoms with Crippen molar-refractivity contribution in [3.05, 3.63) is 59.7 Å². The van der Waals surface area contributed by atoms with Gasteiger partial charge in [-0.25, -0.2) is 0 Å². The average molecular weight is 352 g/mol. The van der Waals surface area contributed by atoms with Gasteiger partial charge in [0.15, 0.2) is 11.6 Å². The number of Topliss-reactive ketones (excluding diaryl/α,β-unsaturated/α-hetero) is 2. The van der Waals surface area contributed by atoms with Gasteiger partial charge in [-0.1, -0.05) is 12.1 Å².